The second-order valence-electron chi connectivity index (χ2n) is 6.43. The minimum atomic E-state index is -3.73. The first kappa shape index (κ1) is 20.5. The molecule has 9 nitrogen and oxygen atoms in total. The van der Waals surface area contributed by atoms with E-state index in [0.717, 1.165) is 16.8 Å². The number of fused-ring (bicyclic) bond motifs is 1. The van der Waals surface area contributed by atoms with Crippen molar-refractivity contribution >= 4 is 19.8 Å². The summed E-state index contributed by atoms with van der Waals surface area (Å²) < 4.78 is 49.3. The van der Waals surface area contributed by atoms with Crippen LogP contribution >= 0.6 is 19.8 Å². The Balaban J connectivity index is 1.44. The maximum absolute atomic E-state index is 13.5. The molecule has 0 aliphatic carbocycles. The minimum Gasteiger partial charge on any atom is -0.349 e. The summed E-state index contributed by atoms with van der Waals surface area (Å²) in [6.45, 7) is -0.279. The van der Waals surface area contributed by atoms with E-state index < -0.39 is 49.5 Å². The molecule has 29 heavy (non-hydrogen) atoms. The summed E-state index contributed by atoms with van der Waals surface area (Å²) in [7, 11) is -3.73. The minimum absolute atomic E-state index is 0.0857. The van der Waals surface area contributed by atoms with Crippen LogP contribution in [0.3, 0.4) is 0 Å². The van der Waals surface area contributed by atoms with Gasteiger partial charge in [-0.05, 0) is 12.1 Å². The lowest BCUT2D eigenvalue weighted by molar-refractivity contribution is -0.0828. The fraction of sp³-hybridized carbons (Fsp3) is 0.375. The lowest BCUT2D eigenvalue weighted by Crippen LogP contribution is -2.35. The Bertz CT molecular complexity index is 1050. The molecule has 0 spiro atoms. The molecule has 1 aromatic heterocycles. The van der Waals surface area contributed by atoms with Crippen molar-refractivity contribution in [3.05, 3.63) is 67.5 Å². The van der Waals surface area contributed by atoms with Crippen LogP contribution in [0.2, 0.25) is 5.02 Å². The summed E-state index contributed by atoms with van der Waals surface area (Å²) in [5.41, 5.74) is -1.55. The third-order valence-electron chi connectivity index (χ3n) is 4.48. The molecule has 0 saturated carbocycles. The Morgan fingerprint density at radius 3 is 2.90 bits per heavy atom. The van der Waals surface area contributed by atoms with Crippen molar-refractivity contribution in [3.8, 4) is 0 Å². The van der Waals surface area contributed by atoms with Gasteiger partial charge in [-0.2, -0.15) is 13.8 Å². The van der Waals surface area contributed by atoms with Crippen LogP contribution in [0.1, 0.15) is 18.2 Å². The molecule has 13 heteroatoms. The van der Waals surface area contributed by atoms with Crippen LogP contribution in [-0.4, -0.2) is 33.3 Å². The maximum atomic E-state index is 13.5. The highest BCUT2D eigenvalue weighted by Crippen LogP contribution is 2.63. The zero-order valence-corrected chi connectivity index (χ0v) is 16.2. The van der Waals surface area contributed by atoms with Gasteiger partial charge < -0.3 is 4.74 Å². The van der Waals surface area contributed by atoms with Gasteiger partial charge in [-0.3, -0.25) is 14.3 Å². The van der Waals surface area contributed by atoms with E-state index in [1.807, 2.05) is 4.98 Å². The molecule has 0 radical (unpaired) electrons. The monoisotopic (exact) mass is 451 g/mol. The lowest BCUT2D eigenvalue weighted by atomic mass is 10.2. The number of H-pyrrole nitrogens is 1. The lowest BCUT2D eigenvalue weighted by Gasteiger charge is -2.26. The van der Waals surface area contributed by atoms with Crippen LogP contribution in [-0.2, 0) is 24.9 Å². The fourth-order valence-corrected chi connectivity index (χ4v) is 4.65. The van der Waals surface area contributed by atoms with Crippen molar-refractivity contribution < 1.29 is 32.0 Å². The van der Waals surface area contributed by atoms with Crippen LogP contribution in [0.25, 0.3) is 0 Å². The largest absolute Gasteiger partial charge is 0.573 e. The highest BCUT2D eigenvalue weighted by molar-refractivity contribution is 7.55. The van der Waals surface area contributed by atoms with Gasteiger partial charge in [0.05, 0.1) is 6.20 Å². The van der Waals surface area contributed by atoms with Crippen LogP contribution < -0.4 is 11.2 Å². The zero-order chi connectivity index (χ0) is 20.8. The zero-order valence-electron chi connectivity index (χ0n) is 14.6. The van der Waals surface area contributed by atoms with E-state index in [9.17, 15) is 23.3 Å². The molecule has 0 bridgehead atoms. The molecular formula is C16H15ClF2N2O7P+. The summed E-state index contributed by atoms with van der Waals surface area (Å²) in [6, 6.07) is 3.71. The molecule has 2 N–H and O–H groups in total. The first-order valence-corrected chi connectivity index (χ1v) is 10.3. The Labute approximate surface area is 167 Å². The number of ether oxygens (including phenoxy) is 1. The summed E-state index contributed by atoms with van der Waals surface area (Å²) in [4.78, 5) is 35.4. The summed E-state index contributed by atoms with van der Waals surface area (Å²) >= 11 is 5.93. The van der Waals surface area contributed by atoms with Gasteiger partial charge in [0.15, 0.2) is 0 Å². The van der Waals surface area contributed by atoms with Crippen LogP contribution in [0.5, 0.6) is 0 Å². The van der Waals surface area contributed by atoms with Crippen molar-refractivity contribution in [1.82, 2.24) is 9.55 Å². The third kappa shape index (κ3) is 4.26. The van der Waals surface area contributed by atoms with Crippen molar-refractivity contribution in [2.24, 2.45) is 0 Å². The van der Waals surface area contributed by atoms with Crippen LogP contribution in [0, 0.1) is 11.6 Å². The van der Waals surface area contributed by atoms with Gasteiger partial charge in [0.25, 0.3) is 5.56 Å². The van der Waals surface area contributed by atoms with Crippen molar-refractivity contribution in [2.75, 3.05) is 6.61 Å². The normalized spacial score (nSPS) is 29.0. The number of nitrogens with one attached hydrogen (secondary N) is 1. The van der Waals surface area contributed by atoms with Gasteiger partial charge in [-0.15, -0.1) is 9.05 Å². The van der Waals surface area contributed by atoms with Gasteiger partial charge >= 0.3 is 13.9 Å². The third-order valence-corrected chi connectivity index (χ3v) is 6.30. The molecular weight excluding hydrogens is 437 g/mol. The number of aromatic amines is 1. The van der Waals surface area contributed by atoms with Gasteiger partial charge in [0.2, 0.25) is 5.82 Å². The van der Waals surface area contributed by atoms with E-state index in [0.29, 0.717) is 5.56 Å². The number of hydrogen-bond donors (Lipinski definition) is 2. The molecule has 156 valence electrons. The number of rotatable bonds is 4. The standard InChI is InChI=1S/C16H14ClF2N2O7P/c17-10-3-9(18)2-1-8(10)6-25-29(24)26-7-13-12(28-29)4-14(27-13)21-5-11(19)15(22)20-16(21)23/h1-3,5,12-14,24H,4,6-7H2/p+1/t12-,13+,14+,29?/m0/s1. The molecule has 1 unspecified atom stereocenters. The predicted molar refractivity (Wildman–Crippen MR) is 96.0 cm³/mol. The van der Waals surface area contributed by atoms with E-state index in [2.05, 4.69) is 0 Å². The Morgan fingerprint density at radius 2 is 2.14 bits per heavy atom. The highest BCUT2D eigenvalue weighted by atomic mass is 35.5. The SMILES string of the molecule is O=c1[nH]c(=O)n([C@H]2C[C@@H]3O[P+](O)(OCc4ccc(F)cc4Cl)OC[C@H]3O2)cc1F. The van der Waals surface area contributed by atoms with Gasteiger partial charge in [-0.1, -0.05) is 17.7 Å². The summed E-state index contributed by atoms with van der Waals surface area (Å²) in [5, 5.41) is 0.121. The van der Waals surface area contributed by atoms with E-state index in [-0.39, 0.29) is 24.7 Å². The Kier molecular flexibility index (Phi) is 5.56. The number of aromatic nitrogens is 2. The Hall–Kier alpha value is -1.72. The van der Waals surface area contributed by atoms with Gasteiger partial charge in [0, 0.05) is 17.0 Å². The summed E-state index contributed by atoms with van der Waals surface area (Å²) in [6.07, 6.45) is -1.43. The second-order valence-corrected chi connectivity index (χ2v) is 8.50. The van der Waals surface area contributed by atoms with Gasteiger partial charge in [-0.25, -0.2) is 9.18 Å². The number of hydrogen-bond acceptors (Lipinski definition) is 7. The molecule has 2 fully saturated rings. The average Bonchev–Trinajstić information content (AvgIpc) is 3.06. The highest BCUT2D eigenvalue weighted by Gasteiger charge is 2.57. The molecule has 1 aromatic carbocycles. The van der Waals surface area contributed by atoms with Crippen LogP contribution in [0.15, 0.2) is 34.0 Å². The van der Waals surface area contributed by atoms with Crippen LogP contribution in [0.4, 0.5) is 8.78 Å². The molecule has 2 saturated heterocycles. The van der Waals surface area contributed by atoms with Gasteiger partial charge in [0.1, 0.15) is 37.5 Å². The molecule has 4 rings (SSSR count). The number of nitrogens with zero attached hydrogens (tertiary/aromatic N) is 1. The molecule has 2 aromatic rings. The smallest absolute Gasteiger partial charge is 0.349 e. The molecule has 2 aliphatic heterocycles. The number of halogens is 3. The maximum Gasteiger partial charge on any atom is 0.573 e. The van der Waals surface area contributed by atoms with Crippen molar-refractivity contribution in [2.45, 2.75) is 31.5 Å². The van der Waals surface area contributed by atoms with E-state index in [1.165, 1.54) is 12.1 Å². The molecule has 3 heterocycles. The van der Waals surface area contributed by atoms with E-state index in [1.54, 1.807) is 0 Å². The van der Waals surface area contributed by atoms with Crippen molar-refractivity contribution in [3.63, 3.8) is 0 Å². The Morgan fingerprint density at radius 1 is 1.34 bits per heavy atom. The van der Waals surface area contributed by atoms with E-state index >= 15 is 0 Å². The molecule has 4 atom stereocenters. The molecule has 2 aliphatic rings. The average molecular weight is 452 g/mol. The summed E-state index contributed by atoms with van der Waals surface area (Å²) in [5.74, 6) is -1.65. The van der Waals surface area contributed by atoms with Crippen molar-refractivity contribution in [1.29, 1.82) is 0 Å². The first-order valence-electron chi connectivity index (χ1n) is 8.44. The second kappa shape index (κ2) is 7.84. The first-order chi connectivity index (χ1) is 13.7. The quantitative estimate of drug-likeness (QED) is 0.684. The molecule has 0 amide bonds. The fourth-order valence-electron chi connectivity index (χ4n) is 3.03. The number of benzene rings is 1. The van der Waals surface area contributed by atoms with E-state index in [4.69, 9.17) is 29.9 Å². The topological polar surface area (TPSA) is 112 Å². The predicted octanol–water partition coefficient (Wildman–Crippen LogP) is 2.06.